The van der Waals surface area contributed by atoms with Crippen molar-refractivity contribution in [3.05, 3.63) is 35.9 Å². The van der Waals surface area contributed by atoms with Gasteiger partial charge in [0.05, 0.1) is 6.04 Å². The van der Waals surface area contributed by atoms with E-state index in [9.17, 15) is 4.79 Å². The zero-order valence-corrected chi connectivity index (χ0v) is 15.1. The van der Waals surface area contributed by atoms with E-state index in [0.29, 0.717) is 24.4 Å². The molecule has 0 saturated carbocycles. The maximum atomic E-state index is 12.8. The number of piperidine rings is 1. The van der Waals surface area contributed by atoms with E-state index in [0.717, 1.165) is 19.6 Å². The predicted octanol–water partition coefficient (Wildman–Crippen LogP) is 2.86. The zero-order valence-electron chi connectivity index (χ0n) is 15.1. The Bertz CT molecular complexity index is 558. The van der Waals surface area contributed by atoms with Gasteiger partial charge in [0, 0.05) is 25.0 Å². The first-order valence-corrected chi connectivity index (χ1v) is 10.1. The summed E-state index contributed by atoms with van der Waals surface area (Å²) in [4.78, 5) is 15.2. The highest BCUT2D eigenvalue weighted by Gasteiger charge is 2.34. The molecule has 3 saturated heterocycles. The van der Waals surface area contributed by atoms with Crippen LogP contribution in [0.3, 0.4) is 0 Å². The number of nitrogens with zero attached hydrogens (tertiary/aromatic N) is 1. The first-order chi connectivity index (χ1) is 12.3. The second-order valence-corrected chi connectivity index (χ2v) is 8.22. The third kappa shape index (κ3) is 4.42. The van der Waals surface area contributed by atoms with Crippen molar-refractivity contribution in [2.75, 3.05) is 19.6 Å². The molecule has 4 nitrogen and oxygen atoms in total. The molecule has 2 N–H and O–H groups in total. The molecule has 1 amide bonds. The molecule has 0 aliphatic carbocycles. The zero-order chi connectivity index (χ0) is 17.1. The standard InChI is InChI=1S/C21H31N3O/c25-21(14-16-12-18-8-9-19(13-16)22-18)23-20(15-24-10-4-5-11-24)17-6-2-1-3-7-17/h1-3,6-7,16,18-20,22H,4-5,8-15H2,(H,23,25). The van der Waals surface area contributed by atoms with Crippen molar-refractivity contribution in [3.8, 4) is 0 Å². The first kappa shape index (κ1) is 17.0. The van der Waals surface area contributed by atoms with E-state index in [4.69, 9.17) is 0 Å². The van der Waals surface area contributed by atoms with Crippen molar-refractivity contribution in [3.63, 3.8) is 0 Å². The highest BCUT2D eigenvalue weighted by Crippen LogP contribution is 2.32. The molecule has 0 aromatic heterocycles. The number of likely N-dealkylation sites (tertiary alicyclic amines) is 1. The number of carbonyl (C=O) groups is 1. The number of rotatable bonds is 6. The molecule has 1 aromatic rings. The summed E-state index contributed by atoms with van der Waals surface area (Å²) in [7, 11) is 0. The van der Waals surface area contributed by atoms with Crippen LogP contribution >= 0.6 is 0 Å². The molecule has 4 heteroatoms. The topological polar surface area (TPSA) is 44.4 Å². The van der Waals surface area contributed by atoms with Gasteiger partial charge in [-0.25, -0.2) is 0 Å². The molecule has 2 bridgehead atoms. The van der Waals surface area contributed by atoms with Crippen molar-refractivity contribution < 1.29 is 4.79 Å². The van der Waals surface area contributed by atoms with Crippen LogP contribution in [0.15, 0.2) is 30.3 Å². The fraction of sp³-hybridized carbons (Fsp3) is 0.667. The molecule has 3 atom stereocenters. The molecule has 0 spiro atoms. The lowest BCUT2D eigenvalue weighted by Crippen LogP contribution is -2.41. The minimum Gasteiger partial charge on any atom is -0.348 e. The molecule has 25 heavy (non-hydrogen) atoms. The van der Waals surface area contributed by atoms with Crippen LogP contribution in [-0.2, 0) is 4.79 Å². The van der Waals surface area contributed by atoms with E-state index in [1.807, 2.05) is 6.07 Å². The lowest BCUT2D eigenvalue weighted by Gasteiger charge is -2.30. The van der Waals surface area contributed by atoms with Gasteiger partial charge in [-0.15, -0.1) is 0 Å². The van der Waals surface area contributed by atoms with Crippen LogP contribution in [0.1, 0.15) is 56.6 Å². The molecule has 3 heterocycles. The normalized spacial score (nSPS) is 30.3. The van der Waals surface area contributed by atoms with E-state index in [2.05, 4.69) is 39.8 Å². The molecule has 3 unspecified atom stereocenters. The second-order valence-electron chi connectivity index (χ2n) is 8.22. The lowest BCUT2D eigenvalue weighted by atomic mass is 9.89. The lowest BCUT2D eigenvalue weighted by molar-refractivity contribution is -0.123. The van der Waals surface area contributed by atoms with Gasteiger partial charge >= 0.3 is 0 Å². The van der Waals surface area contributed by atoms with Crippen molar-refractivity contribution in [1.29, 1.82) is 0 Å². The molecular weight excluding hydrogens is 310 g/mol. The SMILES string of the molecule is O=C(CC1CC2CCC(C1)N2)NC(CN1CCCC1)c1ccccc1. The summed E-state index contributed by atoms with van der Waals surface area (Å²) in [5, 5.41) is 7.03. The Morgan fingerprint density at radius 2 is 1.80 bits per heavy atom. The Morgan fingerprint density at radius 3 is 2.48 bits per heavy atom. The average Bonchev–Trinajstić information content (AvgIpc) is 3.24. The van der Waals surface area contributed by atoms with Gasteiger partial charge in [-0.3, -0.25) is 4.79 Å². The van der Waals surface area contributed by atoms with Gasteiger partial charge in [-0.05, 0) is 63.1 Å². The number of amides is 1. The number of nitrogens with one attached hydrogen (secondary N) is 2. The third-order valence-corrected chi connectivity index (χ3v) is 6.22. The monoisotopic (exact) mass is 341 g/mol. The van der Waals surface area contributed by atoms with Gasteiger partial charge in [0.2, 0.25) is 5.91 Å². The Kier molecular flexibility index (Phi) is 5.37. The molecule has 1 aromatic carbocycles. The van der Waals surface area contributed by atoms with E-state index in [1.165, 1.54) is 44.1 Å². The van der Waals surface area contributed by atoms with E-state index < -0.39 is 0 Å². The molecule has 3 aliphatic rings. The van der Waals surface area contributed by atoms with Crippen LogP contribution in [0.5, 0.6) is 0 Å². The molecule has 3 fully saturated rings. The quantitative estimate of drug-likeness (QED) is 0.836. The minimum atomic E-state index is 0.116. The van der Waals surface area contributed by atoms with Gasteiger partial charge in [0.15, 0.2) is 0 Å². The number of benzene rings is 1. The van der Waals surface area contributed by atoms with Gasteiger partial charge in [0.1, 0.15) is 0 Å². The van der Waals surface area contributed by atoms with Crippen LogP contribution in [0, 0.1) is 5.92 Å². The number of hydrogen-bond acceptors (Lipinski definition) is 3. The summed E-state index contributed by atoms with van der Waals surface area (Å²) >= 11 is 0. The molecule has 3 aliphatic heterocycles. The summed E-state index contributed by atoms with van der Waals surface area (Å²) < 4.78 is 0. The Morgan fingerprint density at radius 1 is 1.12 bits per heavy atom. The average molecular weight is 341 g/mol. The second kappa shape index (κ2) is 7.88. The molecule has 4 rings (SSSR count). The van der Waals surface area contributed by atoms with Gasteiger partial charge in [-0.1, -0.05) is 30.3 Å². The molecule has 136 valence electrons. The highest BCUT2D eigenvalue weighted by atomic mass is 16.1. The van der Waals surface area contributed by atoms with E-state index in [-0.39, 0.29) is 11.9 Å². The smallest absolute Gasteiger partial charge is 0.220 e. The summed E-state index contributed by atoms with van der Waals surface area (Å²) in [6, 6.07) is 11.9. The van der Waals surface area contributed by atoms with Crippen molar-refractivity contribution in [2.45, 2.75) is 63.1 Å². The van der Waals surface area contributed by atoms with E-state index >= 15 is 0 Å². The van der Waals surface area contributed by atoms with Crippen LogP contribution < -0.4 is 10.6 Å². The summed E-state index contributed by atoms with van der Waals surface area (Å²) in [6.45, 7) is 3.26. The summed E-state index contributed by atoms with van der Waals surface area (Å²) in [5.74, 6) is 0.793. The van der Waals surface area contributed by atoms with Gasteiger partial charge < -0.3 is 15.5 Å². The third-order valence-electron chi connectivity index (χ3n) is 6.22. The van der Waals surface area contributed by atoms with Crippen LogP contribution in [0.2, 0.25) is 0 Å². The van der Waals surface area contributed by atoms with Crippen LogP contribution in [0.25, 0.3) is 0 Å². The van der Waals surface area contributed by atoms with Crippen molar-refractivity contribution >= 4 is 5.91 Å². The maximum absolute atomic E-state index is 12.8. The largest absolute Gasteiger partial charge is 0.348 e. The fourth-order valence-corrected chi connectivity index (χ4v) is 5.00. The Hall–Kier alpha value is -1.39. The van der Waals surface area contributed by atoms with Gasteiger partial charge in [0.25, 0.3) is 0 Å². The molecular formula is C21H31N3O. The summed E-state index contributed by atoms with van der Waals surface area (Å²) in [5.41, 5.74) is 1.23. The Labute approximate surface area is 151 Å². The number of fused-ring (bicyclic) bond motifs is 2. The fourth-order valence-electron chi connectivity index (χ4n) is 5.00. The first-order valence-electron chi connectivity index (χ1n) is 10.1. The number of carbonyl (C=O) groups excluding carboxylic acids is 1. The van der Waals surface area contributed by atoms with Crippen molar-refractivity contribution in [2.24, 2.45) is 5.92 Å². The van der Waals surface area contributed by atoms with Crippen LogP contribution in [-0.4, -0.2) is 42.5 Å². The van der Waals surface area contributed by atoms with Crippen molar-refractivity contribution in [1.82, 2.24) is 15.5 Å². The van der Waals surface area contributed by atoms with Crippen LogP contribution in [0.4, 0.5) is 0 Å². The predicted molar refractivity (Wildman–Crippen MR) is 100 cm³/mol. The number of hydrogen-bond donors (Lipinski definition) is 2. The summed E-state index contributed by atoms with van der Waals surface area (Å²) in [6.07, 6.45) is 8.20. The minimum absolute atomic E-state index is 0.116. The maximum Gasteiger partial charge on any atom is 0.220 e. The Balaban J connectivity index is 1.36. The van der Waals surface area contributed by atoms with Gasteiger partial charge in [-0.2, -0.15) is 0 Å². The van der Waals surface area contributed by atoms with E-state index in [1.54, 1.807) is 0 Å². The highest BCUT2D eigenvalue weighted by molar-refractivity contribution is 5.76. The molecule has 0 radical (unpaired) electrons.